The highest BCUT2D eigenvalue weighted by Gasteiger charge is 2.45. The van der Waals surface area contributed by atoms with Gasteiger partial charge >= 0.3 is 0 Å². The molecule has 78 valence electrons. The SMILES string of the molecule is NC1=NCC2(CCCC2)N1CC1CC1. The van der Waals surface area contributed by atoms with Gasteiger partial charge in [0, 0.05) is 6.54 Å². The molecule has 1 heterocycles. The second-order valence-corrected chi connectivity index (χ2v) is 5.16. The zero-order valence-electron chi connectivity index (χ0n) is 8.71. The van der Waals surface area contributed by atoms with Gasteiger partial charge in [0.05, 0.1) is 12.1 Å². The van der Waals surface area contributed by atoms with Crippen molar-refractivity contribution in [2.45, 2.75) is 44.1 Å². The van der Waals surface area contributed by atoms with E-state index in [0.29, 0.717) is 5.54 Å². The van der Waals surface area contributed by atoms with Crippen molar-refractivity contribution in [3.05, 3.63) is 0 Å². The molecule has 2 N–H and O–H groups in total. The minimum absolute atomic E-state index is 0.354. The molecule has 1 aliphatic heterocycles. The third kappa shape index (κ3) is 1.22. The van der Waals surface area contributed by atoms with E-state index in [1.807, 2.05) is 0 Å². The van der Waals surface area contributed by atoms with Gasteiger partial charge in [0.1, 0.15) is 0 Å². The lowest BCUT2D eigenvalue weighted by Gasteiger charge is -2.36. The lowest BCUT2D eigenvalue weighted by molar-refractivity contribution is 0.199. The first-order chi connectivity index (χ1) is 6.80. The van der Waals surface area contributed by atoms with Gasteiger partial charge in [0.2, 0.25) is 0 Å². The van der Waals surface area contributed by atoms with E-state index in [1.165, 1.54) is 45.1 Å². The first-order valence-corrected chi connectivity index (χ1v) is 5.88. The fourth-order valence-corrected chi connectivity index (χ4v) is 2.95. The predicted molar refractivity (Wildman–Crippen MR) is 57.1 cm³/mol. The highest BCUT2D eigenvalue weighted by atomic mass is 15.4. The van der Waals surface area contributed by atoms with Gasteiger partial charge in [-0.1, -0.05) is 12.8 Å². The van der Waals surface area contributed by atoms with Gasteiger partial charge in [-0.2, -0.15) is 0 Å². The zero-order chi connectivity index (χ0) is 9.60. The molecule has 3 aliphatic rings. The summed E-state index contributed by atoms with van der Waals surface area (Å²) in [5, 5.41) is 0. The molecule has 14 heavy (non-hydrogen) atoms. The number of nitrogens with zero attached hydrogens (tertiary/aromatic N) is 2. The summed E-state index contributed by atoms with van der Waals surface area (Å²) < 4.78 is 0. The van der Waals surface area contributed by atoms with Crippen LogP contribution in [0.4, 0.5) is 0 Å². The van der Waals surface area contributed by atoms with Gasteiger partial charge in [-0.25, -0.2) is 0 Å². The lowest BCUT2D eigenvalue weighted by atomic mass is 9.96. The van der Waals surface area contributed by atoms with Crippen LogP contribution in [0.2, 0.25) is 0 Å². The first kappa shape index (κ1) is 8.57. The zero-order valence-corrected chi connectivity index (χ0v) is 8.71. The molecule has 0 radical (unpaired) electrons. The van der Waals surface area contributed by atoms with Crippen LogP contribution in [0.25, 0.3) is 0 Å². The molecular weight excluding hydrogens is 174 g/mol. The fourth-order valence-electron chi connectivity index (χ4n) is 2.95. The van der Waals surface area contributed by atoms with Crippen LogP contribution in [0.3, 0.4) is 0 Å². The maximum absolute atomic E-state index is 5.99. The van der Waals surface area contributed by atoms with Crippen molar-refractivity contribution >= 4 is 5.96 Å². The van der Waals surface area contributed by atoms with Crippen LogP contribution >= 0.6 is 0 Å². The smallest absolute Gasteiger partial charge is 0.191 e. The molecule has 0 unspecified atom stereocenters. The van der Waals surface area contributed by atoms with E-state index in [9.17, 15) is 0 Å². The third-order valence-electron chi connectivity index (χ3n) is 4.06. The fraction of sp³-hybridized carbons (Fsp3) is 0.909. The molecule has 3 rings (SSSR count). The van der Waals surface area contributed by atoms with Crippen LogP contribution in [-0.2, 0) is 0 Å². The molecule has 2 fully saturated rings. The molecule has 0 atom stereocenters. The van der Waals surface area contributed by atoms with Gasteiger partial charge in [0.25, 0.3) is 0 Å². The van der Waals surface area contributed by atoms with E-state index in [-0.39, 0.29) is 0 Å². The van der Waals surface area contributed by atoms with Gasteiger partial charge in [-0.3, -0.25) is 4.99 Å². The number of guanidine groups is 1. The van der Waals surface area contributed by atoms with Crippen molar-refractivity contribution in [2.24, 2.45) is 16.6 Å². The number of aliphatic imine (C=N–C) groups is 1. The van der Waals surface area contributed by atoms with Crippen molar-refractivity contribution in [2.75, 3.05) is 13.1 Å². The summed E-state index contributed by atoms with van der Waals surface area (Å²) in [7, 11) is 0. The topological polar surface area (TPSA) is 41.6 Å². The number of hydrogen-bond acceptors (Lipinski definition) is 3. The Labute approximate surface area is 85.4 Å². The molecule has 0 bridgehead atoms. The molecule has 0 aromatic rings. The Kier molecular flexibility index (Phi) is 1.76. The van der Waals surface area contributed by atoms with Gasteiger partial charge in [-0.05, 0) is 31.6 Å². The van der Waals surface area contributed by atoms with Crippen molar-refractivity contribution in [1.29, 1.82) is 0 Å². The monoisotopic (exact) mass is 193 g/mol. The Morgan fingerprint density at radius 2 is 2.07 bits per heavy atom. The maximum Gasteiger partial charge on any atom is 0.191 e. The van der Waals surface area contributed by atoms with Crippen LogP contribution in [0, 0.1) is 5.92 Å². The summed E-state index contributed by atoms with van der Waals surface area (Å²) in [4.78, 5) is 6.88. The number of rotatable bonds is 2. The van der Waals surface area contributed by atoms with E-state index >= 15 is 0 Å². The molecule has 0 saturated heterocycles. The molecule has 0 aromatic carbocycles. The molecule has 2 aliphatic carbocycles. The van der Waals surface area contributed by atoms with E-state index in [1.54, 1.807) is 0 Å². The molecule has 3 heteroatoms. The highest BCUT2D eigenvalue weighted by Crippen LogP contribution is 2.41. The normalized spacial score (nSPS) is 30.0. The average molecular weight is 193 g/mol. The van der Waals surface area contributed by atoms with Crippen LogP contribution < -0.4 is 5.73 Å². The summed E-state index contributed by atoms with van der Waals surface area (Å²) >= 11 is 0. The Morgan fingerprint density at radius 1 is 1.36 bits per heavy atom. The van der Waals surface area contributed by atoms with Crippen LogP contribution in [0.1, 0.15) is 38.5 Å². The van der Waals surface area contributed by atoms with Crippen molar-refractivity contribution < 1.29 is 0 Å². The number of nitrogens with two attached hydrogens (primary N) is 1. The molecular formula is C11H19N3. The molecule has 3 nitrogen and oxygen atoms in total. The summed E-state index contributed by atoms with van der Waals surface area (Å²) in [6, 6.07) is 0. The standard InChI is InChI=1S/C11H19N3/c12-10-13-8-11(5-1-2-6-11)14(10)7-9-3-4-9/h9H,1-8H2,(H2,12,13). The van der Waals surface area contributed by atoms with Crippen molar-refractivity contribution in [3.8, 4) is 0 Å². The average Bonchev–Trinajstić information content (AvgIpc) is 2.81. The van der Waals surface area contributed by atoms with Crippen LogP contribution in [-0.4, -0.2) is 29.5 Å². The molecule has 0 aromatic heterocycles. The third-order valence-corrected chi connectivity index (χ3v) is 4.06. The number of hydrogen-bond donors (Lipinski definition) is 1. The quantitative estimate of drug-likeness (QED) is 0.719. The summed E-state index contributed by atoms with van der Waals surface area (Å²) in [5.74, 6) is 1.73. The Hall–Kier alpha value is -0.730. The van der Waals surface area contributed by atoms with Gasteiger partial charge in [0.15, 0.2) is 5.96 Å². The second kappa shape index (κ2) is 2.88. The Morgan fingerprint density at radius 3 is 2.71 bits per heavy atom. The highest BCUT2D eigenvalue weighted by molar-refractivity contribution is 5.81. The minimum Gasteiger partial charge on any atom is -0.370 e. The van der Waals surface area contributed by atoms with E-state index in [0.717, 1.165) is 18.4 Å². The van der Waals surface area contributed by atoms with E-state index < -0.39 is 0 Å². The Balaban J connectivity index is 1.77. The van der Waals surface area contributed by atoms with Crippen LogP contribution in [0.5, 0.6) is 0 Å². The maximum atomic E-state index is 5.99. The van der Waals surface area contributed by atoms with E-state index in [2.05, 4.69) is 9.89 Å². The van der Waals surface area contributed by atoms with Crippen molar-refractivity contribution in [1.82, 2.24) is 4.90 Å². The predicted octanol–water partition coefficient (Wildman–Crippen LogP) is 1.34. The van der Waals surface area contributed by atoms with Crippen molar-refractivity contribution in [3.63, 3.8) is 0 Å². The molecule has 0 amide bonds. The van der Waals surface area contributed by atoms with Gasteiger partial charge < -0.3 is 10.6 Å². The largest absolute Gasteiger partial charge is 0.370 e. The van der Waals surface area contributed by atoms with Crippen LogP contribution in [0.15, 0.2) is 4.99 Å². The first-order valence-electron chi connectivity index (χ1n) is 5.88. The second-order valence-electron chi connectivity index (χ2n) is 5.16. The molecule has 1 spiro atoms. The minimum atomic E-state index is 0.354. The summed E-state index contributed by atoms with van der Waals surface area (Å²) in [6.45, 7) is 2.14. The summed E-state index contributed by atoms with van der Waals surface area (Å²) in [5.41, 5.74) is 6.34. The van der Waals surface area contributed by atoms with E-state index in [4.69, 9.17) is 5.73 Å². The lowest BCUT2D eigenvalue weighted by Crippen LogP contribution is -2.50. The summed E-state index contributed by atoms with van der Waals surface area (Å²) in [6.07, 6.45) is 8.15. The van der Waals surface area contributed by atoms with Gasteiger partial charge in [-0.15, -0.1) is 0 Å². The molecule has 2 saturated carbocycles. The Bertz CT molecular complexity index is 262.